The van der Waals surface area contributed by atoms with E-state index in [-0.39, 0.29) is 0 Å². The second-order valence-electron chi connectivity index (χ2n) is 2.86. The molecule has 1 aromatic heterocycles. The average molecular weight is 281 g/mol. The lowest BCUT2D eigenvalue weighted by Crippen LogP contribution is -2.03. The first-order valence-electron chi connectivity index (χ1n) is 3.96. The van der Waals surface area contributed by atoms with Crippen molar-refractivity contribution in [1.29, 1.82) is 0 Å². The molecule has 0 unspecified atom stereocenters. The zero-order valence-corrected chi connectivity index (χ0v) is 9.29. The van der Waals surface area contributed by atoms with Gasteiger partial charge in [-0.3, -0.25) is 0 Å². The van der Waals surface area contributed by atoms with Crippen molar-refractivity contribution < 1.29 is 13.7 Å². The summed E-state index contributed by atoms with van der Waals surface area (Å²) in [5.41, 5.74) is 0.265. The zero-order chi connectivity index (χ0) is 11.6. The number of halogens is 3. The molecule has 0 spiro atoms. The third-order valence-electron chi connectivity index (χ3n) is 1.86. The SMILES string of the molecule is Cc1cc(C(F)F)c([N+](=O)[O-])nc1CBr. The van der Waals surface area contributed by atoms with E-state index in [0.717, 1.165) is 6.07 Å². The molecule has 0 saturated carbocycles. The van der Waals surface area contributed by atoms with Crippen molar-refractivity contribution in [3.8, 4) is 0 Å². The molecule has 1 rings (SSSR count). The lowest BCUT2D eigenvalue weighted by molar-refractivity contribution is -0.391. The molecule has 1 heterocycles. The summed E-state index contributed by atoms with van der Waals surface area (Å²) in [7, 11) is 0. The first kappa shape index (κ1) is 12.0. The lowest BCUT2D eigenvalue weighted by Gasteiger charge is -2.04. The highest BCUT2D eigenvalue weighted by molar-refractivity contribution is 9.08. The van der Waals surface area contributed by atoms with E-state index in [2.05, 4.69) is 20.9 Å². The molecule has 0 aliphatic carbocycles. The maximum Gasteiger partial charge on any atom is 0.372 e. The predicted octanol–water partition coefficient (Wildman–Crippen LogP) is 3.13. The van der Waals surface area contributed by atoms with Gasteiger partial charge in [0.05, 0.1) is 5.33 Å². The van der Waals surface area contributed by atoms with Crippen LogP contribution in [0.25, 0.3) is 0 Å². The van der Waals surface area contributed by atoms with E-state index < -0.39 is 22.7 Å². The summed E-state index contributed by atoms with van der Waals surface area (Å²) in [5, 5.41) is 10.8. The molecule has 82 valence electrons. The Kier molecular flexibility index (Phi) is 3.67. The van der Waals surface area contributed by atoms with Gasteiger partial charge in [-0.25, -0.2) is 8.78 Å². The van der Waals surface area contributed by atoms with E-state index >= 15 is 0 Å². The Morgan fingerprint density at radius 1 is 1.67 bits per heavy atom. The first-order chi connectivity index (χ1) is 6.97. The normalized spacial score (nSPS) is 10.7. The molecule has 0 atom stereocenters. The van der Waals surface area contributed by atoms with E-state index in [4.69, 9.17) is 0 Å². The van der Waals surface area contributed by atoms with E-state index in [0.29, 0.717) is 16.6 Å². The van der Waals surface area contributed by atoms with Gasteiger partial charge in [0.15, 0.2) is 5.69 Å². The van der Waals surface area contributed by atoms with Gasteiger partial charge in [0.25, 0.3) is 6.43 Å². The van der Waals surface area contributed by atoms with Crippen LogP contribution in [0, 0.1) is 17.0 Å². The van der Waals surface area contributed by atoms with Crippen LogP contribution in [0.2, 0.25) is 0 Å². The van der Waals surface area contributed by atoms with E-state index in [1.165, 1.54) is 0 Å². The van der Waals surface area contributed by atoms with Gasteiger partial charge >= 0.3 is 5.82 Å². The molecule has 0 fully saturated rings. The van der Waals surface area contributed by atoms with Crippen LogP contribution in [0.15, 0.2) is 6.07 Å². The third kappa shape index (κ3) is 2.47. The summed E-state index contributed by atoms with van der Waals surface area (Å²) in [6.45, 7) is 1.58. The summed E-state index contributed by atoms with van der Waals surface area (Å²) in [4.78, 5) is 13.2. The van der Waals surface area contributed by atoms with Crippen LogP contribution in [-0.4, -0.2) is 9.91 Å². The van der Waals surface area contributed by atoms with Crippen LogP contribution in [-0.2, 0) is 5.33 Å². The Hall–Kier alpha value is -1.11. The standard InChI is InChI=1S/C8H7BrF2N2O2/c1-4-2-5(7(10)11)8(13(14)15)12-6(4)3-9/h2,7H,3H2,1H3. The van der Waals surface area contributed by atoms with Crippen molar-refractivity contribution in [2.24, 2.45) is 0 Å². The van der Waals surface area contributed by atoms with Crippen LogP contribution in [0.3, 0.4) is 0 Å². The van der Waals surface area contributed by atoms with E-state index in [1.54, 1.807) is 6.92 Å². The largest absolute Gasteiger partial charge is 0.372 e. The van der Waals surface area contributed by atoms with Crippen molar-refractivity contribution in [2.45, 2.75) is 18.7 Å². The lowest BCUT2D eigenvalue weighted by atomic mass is 10.1. The summed E-state index contributed by atoms with van der Waals surface area (Å²) < 4.78 is 24.9. The number of hydrogen-bond donors (Lipinski definition) is 0. The molecule has 0 amide bonds. The molecule has 1 aromatic rings. The van der Waals surface area contributed by atoms with Gasteiger partial charge in [-0.15, -0.1) is 0 Å². The fourth-order valence-electron chi connectivity index (χ4n) is 1.10. The van der Waals surface area contributed by atoms with Gasteiger partial charge in [0, 0.05) is 0 Å². The molecule has 0 aliphatic heterocycles. The number of nitrogens with zero attached hydrogens (tertiary/aromatic N) is 2. The first-order valence-corrected chi connectivity index (χ1v) is 5.08. The average Bonchev–Trinajstić information content (AvgIpc) is 2.16. The van der Waals surface area contributed by atoms with Crippen LogP contribution in [0.4, 0.5) is 14.6 Å². The fourth-order valence-corrected chi connectivity index (χ4v) is 1.67. The maximum absolute atomic E-state index is 12.4. The van der Waals surface area contributed by atoms with Gasteiger partial charge in [-0.1, -0.05) is 15.9 Å². The minimum absolute atomic E-state index is 0.295. The summed E-state index contributed by atoms with van der Waals surface area (Å²) in [6.07, 6.45) is -2.89. The molecule has 0 radical (unpaired) electrons. The number of nitro groups is 1. The molecule has 0 bridgehead atoms. The second-order valence-corrected chi connectivity index (χ2v) is 3.42. The molecular weight excluding hydrogens is 274 g/mol. The van der Waals surface area contributed by atoms with Gasteiger partial charge in [-0.05, 0) is 28.5 Å². The van der Waals surface area contributed by atoms with Crippen molar-refractivity contribution in [3.05, 3.63) is 33.0 Å². The minimum atomic E-state index is -2.89. The van der Waals surface area contributed by atoms with Gasteiger partial charge in [0.1, 0.15) is 5.56 Å². The highest BCUT2D eigenvalue weighted by Crippen LogP contribution is 2.29. The summed E-state index contributed by atoms with van der Waals surface area (Å²) in [6, 6.07) is 1.10. The van der Waals surface area contributed by atoms with Crippen LogP contribution in [0.1, 0.15) is 23.2 Å². The summed E-state index contributed by atoms with van der Waals surface area (Å²) >= 11 is 3.08. The number of aryl methyl sites for hydroxylation is 1. The quantitative estimate of drug-likeness (QED) is 0.486. The number of hydrogen-bond acceptors (Lipinski definition) is 3. The van der Waals surface area contributed by atoms with Crippen LogP contribution < -0.4 is 0 Å². The molecule has 0 N–H and O–H groups in total. The Bertz CT molecular complexity index is 398. The second kappa shape index (κ2) is 4.61. The Morgan fingerprint density at radius 2 is 2.27 bits per heavy atom. The van der Waals surface area contributed by atoms with Crippen molar-refractivity contribution >= 4 is 21.7 Å². The predicted molar refractivity (Wildman–Crippen MR) is 53.2 cm³/mol. The number of aromatic nitrogens is 1. The van der Waals surface area contributed by atoms with Crippen molar-refractivity contribution in [3.63, 3.8) is 0 Å². The fraction of sp³-hybridized carbons (Fsp3) is 0.375. The van der Waals surface area contributed by atoms with Gasteiger partial charge in [0.2, 0.25) is 0 Å². The molecule has 0 saturated heterocycles. The minimum Gasteiger partial charge on any atom is -0.358 e. The number of rotatable bonds is 3. The maximum atomic E-state index is 12.4. The third-order valence-corrected chi connectivity index (χ3v) is 2.39. The Labute approximate surface area is 92.6 Å². The van der Waals surface area contributed by atoms with E-state index in [1.807, 2.05) is 0 Å². The highest BCUT2D eigenvalue weighted by atomic mass is 79.9. The molecule has 4 nitrogen and oxygen atoms in total. The van der Waals surface area contributed by atoms with Crippen molar-refractivity contribution in [2.75, 3.05) is 0 Å². The summed E-state index contributed by atoms with van der Waals surface area (Å²) in [5.74, 6) is -0.773. The Balaban J connectivity index is 3.39. The van der Waals surface area contributed by atoms with E-state index in [9.17, 15) is 18.9 Å². The molecule has 7 heteroatoms. The van der Waals surface area contributed by atoms with Crippen LogP contribution >= 0.6 is 15.9 Å². The van der Waals surface area contributed by atoms with Gasteiger partial charge < -0.3 is 10.1 Å². The number of pyridine rings is 1. The molecule has 0 aromatic carbocycles. The zero-order valence-electron chi connectivity index (χ0n) is 7.71. The monoisotopic (exact) mass is 280 g/mol. The topological polar surface area (TPSA) is 56.0 Å². The smallest absolute Gasteiger partial charge is 0.358 e. The van der Waals surface area contributed by atoms with Gasteiger partial charge in [-0.2, -0.15) is 0 Å². The highest BCUT2D eigenvalue weighted by Gasteiger charge is 2.25. The van der Waals surface area contributed by atoms with Crippen LogP contribution in [0.5, 0.6) is 0 Å². The molecule has 15 heavy (non-hydrogen) atoms. The van der Waals surface area contributed by atoms with Crippen molar-refractivity contribution in [1.82, 2.24) is 4.98 Å². The Morgan fingerprint density at radius 3 is 2.67 bits per heavy atom. The molecular formula is C8H7BrF2N2O2. The number of alkyl halides is 3. The molecule has 0 aliphatic rings.